The van der Waals surface area contributed by atoms with Gasteiger partial charge in [-0.25, -0.2) is 0 Å². The number of methoxy groups -OCH3 is 1. The number of benzene rings is 4. The van der Waals surface area contributed by atoms with Gasteiger partial charge in [-0.05, 0) is 85.2 Å². The van der Waals surface area contributed by atoms with Crippen LogP contribution in [0.5, 0.6) is 5.75 Å². The predicted octanol–water partition coefficient (Wildman–Crippen LogP) is 5.76. The van der Waals surface area contributed by atoms with E-state index in [1.165, 1.54) is 0 Å². The van der Waals surface area contributed by atoms with Crippen molar-refractivity contribution in [3.8, 4) is 5.75 Å². The monoisotopic (exact) mass is 705 g/mol. The van der Waals surface area contributed by atoms with Crippen molar-refractivity contribution in [3.05, 3.63) is 119 Å². The van der Waals surface area contributed by atoms with E-state index in [9.17, 15) is 24.3 Å². The first-order valence-electron chi connectivity index (χ1n) is 17.3. The normalized spacial score (nSPS) is 24.0. The van der Waals surface area contributed by atoms with E-state index in [4.69, 9.17) is 9.47 Å². The van der Waals surface area contributed by atoms with Crippen LogP contribution in [0.15, 0.2) is 97.1 Å². The zero-order valence-corrected chi connectivity index (χ0v) is 30.2. The molecule has 0 aromatic heterocycles. The van der Waals surface area contributed by atoms with E-state index in [1.54, 1.807) is 59.4 Å². The number of rotatable bonds is 8. The average molecular weight is 706 g/mol. The molecule has 3 amide bonds. The van der Waals surface area contributed by atoms with E-state index in [-0.39, 0.29) is 30.7 Å². The number of para-hydroxylation sites is 1. The minimum atomic E-state index is -3.08. The van der Waals surface area contributed by atoms with Gasteiger partial charge in [0.1, 0.15) is 5.75 Å². The van der Waals surface area contributed by atoms with Crippen molar-refractivity contribution < 1.29 is 33.8 Å². The van der Waals surface area contributed by atoms with Crippen LogP contribution < -0.4 is 15.0 Å². The predicted molar refractivity (Wildman–Crippen MR) is 196 cm³/mol. The van der Waals surface area contributed by atoms with Crippen LogP contribution in [-0.4, -0.2) is 66.7 Å². The quantitative estimate of drug-likeness (QED) is 0.199. The number of aliphatic hydroxyl groups excluding tert-OH is 1. The number of nitrogens with zero attached hydrogens (tertiary/aromatic N) is 2. The Labute approximate surface area is 298 Å². The lowest BCUT2D eigenvalue weighted by Gasteiger charge is -2.37. The highest BCUT2D eigenvalue weighted by Gasteiger charge is 2.67. The summed E-state index contributed by atoms with van der Waals surface area (Å²) in [7, 11) is -1.52. The lowest BCUT2D eigenvalue weighted by atomic mass is 9.82. The fraction of sp³-hybridized carbons (Fsp3) is 0.325. The molecule has 3 aliphatic heterocycles. The Bertz CT molecular complexity index is 1970. The zero-order valence-electron chi connectivity index (χ0n) is 29.2. The molecule has 10 nitrogen and oxygen atoms in total. The van der Waals surface area contributed by atoms with Gasteiger partial charge in [-0.3, -0.25) is 19.3 Å². The number of carbonyl (C=O) groups excluding carboxylic acids is 3. The Kier molecular flexibility index (Phi) is 9.09. The topological polar surface area (TPSA) is 129 Å². The van der Waals surface area contributed by atoms with Crippen molar-refractivity contribution in [1.82, 2.24) is 4.90 Å². The molecule has 0 unspecified atom stereocenters. The van der Waals surface area contributed by atoms with E-state index < -0.39 is 37.5 Å². The first-order valence-corrected chi connectivity index (χ1v) is 20.4. The van der Waals surface area contributed by atoms with E-state index >= 15 is 0 Å². The van der Waals surface area contributed by atoms with Gasteiger partial charge in [0.15, 0.2) is 13.9 Å². The minimum Gasteiger partial charge on any atom is -0.497 e. The van der Waals surface area contributed by atoms with E-state index in [1.807, 2.05) is 74.6 Å². The van der Waals surface area contributed by atoms with Crippen LogP contribution in [0, 0.1) is 5.92 Å². The van der Waals surface area contributed by atoms with Crippen molar-refractivity contribution in [2.45, 2.75) is 62.7 Å². The number of aliphatic hydroxyl groups is 1. The summed E-state index contributed by atoms with van der Waals surface area (Å²) >= 11 is 0. The van der Waals surface area contributed by atoms with Crippen molar-refractivity contribution in [3.63, 3.8) is 0 Å². The van der Waals surface area contributed by atoms with Crippen LogP contribution in [0.3, 0.4) is 0 Å². The van der Waals surface area contributed by atoms with Crippen molar-refractivity contribution in [1.29, 1.82) is 0 Å². The fourth-order valence-electron chi connectivity index (χ4n) is 8.39. The molecule has 0 bridgehead atoms. The van der Waals surface area contributed by atoms with Crippen LogP contribution in [0.1, 0.15) is 40.4 Å². The first-order chi connectivity index (χ1) is 24.5. The Balaban J connectivity index is 1.26. The maximum Gasteiger partial charge on any atom is 0.268 e. The van der Waals surface area contributed by atoms with Crippen LogP contribution in [-0.2, 0) is 32.9 Å². The zero-order chi connectivity index (χ0) is 36.1. The van der Waals surface area contributed by atoms with Crippen molar-refractivity contribution in [2.75, 3.05) is 23.9 Å². The number of carbonyl (C=O) groups is 3. The summed E-state index contributed by atoms with van der Waals surface area (Å²) in [6.45, 7) is 5.75. The van der Waals surface area contributed by atoms with Gasteiger partial charge in [0, 0.05) is 40.5 Å². The molecule has 264 valence electrons. The Morgan fingerprint density at radius 3 is 2.33 bits per heavy atom. The molecular formula is C40H43N3O7Si. The molecule has 3 N–H and O–H groups in total. The molecule has 4 aromatic carbocycles. The summed E-state index contributed by atoms with van der Waals surface area (Å²) < 4.78 is 12.2. The molecule has 0 saturated carbocycles. The lowest BCUT2D eigenvalue weighted by molar-refractivity contribution is -0.150. The van der Waals surface area contributed by atoms with Gasteiger partial charge in [-0.15, -0.1) is 0 Å². The second-order valence-electron chi connectivity index (χ2n) is 14.3. The molecule has 1 saturated heterocycles. The second-order valence-corrected chi connectivity index (χ2v) is 18.3. The number of hydrogen-bond donors (Lipinski definition) is 3. The molecule has 5 atom stereocenters. The minimum absolute atomic E-state index is 0.0612. The Morgan fingerprint density at radius 1 is 0.980 bits per heavy atom. The van der Waals surface area contributed by atoms with Gasteiger partial charge in [-0.1, -0.05) is 49.4 Å². The van der Waals surface area contributed by atoms with Crippen LogP contribution in [0.25, 0.3) is 0 Å². The average Bonchev–Trinajstić information content (AvgIpc) is 3.57. The van der Waals surface area contributed by atoms with Crippen LogP contribution in [0.2, 0.25) is 18.6 Å². The molecule has 1 fully saturated rings. The highest BCUT2D eigenvalue weighted by Crippen LogP contribution is 2.61. The number of anilines is 3. The molecule has 3 heterocycles. The summed E-state index contributed by atoms with van der Waals surface area (Å²) in [5.41, 5.74) is 2.84. The molecule has 1 spiro atoms. The molecule has 7 rings (SSSR count). The summed E-state index contributed by atoms with van der Waals surface area (Å²) in [5.74, 6) is -0.735. The number of hydrogen-bond acceptors (Lipinski definition) is 7. The summed E-state index contributed by atoms with van der Waals surface area (Å²) in [4.78, 5) is 57.6. The summed E-state index contributed by atoms with van der Waals surface area (Å²) in [5, 5.41) is 13.3. The van der Waals surface area contributed by atoms with Gasteiger partial charge in [0.25, 0.3) is 11.8 Å². The number of fused-ring (bicyclic) bond motifs is 3. The van der Waals surface area contributed by atoms with Crippen molar-refractivity contribution >= 4 is 43.1 Å². The van der Waals surface area contributed by atoms with Gasteiger partial charge >= 0.3 is 0 Å². The largest absolute Gasteiger partial charge is 0.497 e. The molecular weight excluding hydrogens is 663 g/mol. The standard InChI is InChI=1S/C40H43N3O7Si/c1-25-37(51(3,4)48)35(22-36(45)42-23-28-11-9-8-10-27(28)20-31(42)24-44)50-40(25)33-21-29(41-38(46)26-14-17-32(49-2)18-15-26)16-19-34(33)43(39(40)47)30-12-6-5-7-13-30/h5-19,21,25,31,35,37,44,48H,20,22-24H2,1-4H3,(H,41,46)/t25-,31-,35+,37-,40+/m0/s1. The molecule has 0 aliphatic carbocycles. The maximum absolute atomic E-state index is 15.0. The number of nitrogens with one attached hydrogen (secondary N) is 1. The molecule has 3 aliphatic rings. The van der Waals surface area contributed by atoms with Gasteiger partial charge in [0.2, 0.25) is 5.91 Å². The van der Waals surface area contributed by atoms with Crippen LogP contribution in [0.4, 0.5) is 17.1 Å². The SMILES string of the molecule is COc1ccc(C(=O)Nc2ccc3c(c2)[C@@]2(O[C@H](CC(=O)N4Cc5ccccc5C[C@H]4CO)[C@@H]([Si](C)(C)O)[C@@H]2C)C(=O)N3c2ccccc2)cc1. The van der Waals surface area contributed by atoms with Crippen molar-refractivity contribution in [2.24, 2.45) is 5.92 Å². The smallest absolute Gasteiger partial charge is 0.268 e. The Morgan fingerprint density at radius 2 is 1.67 bits per heavy atom. The molecule has 51 heavy (non-hydrogen) atoms. The highest BCUT2D eigenvalue weighted by molar-refractivity contribution is 6.71. The van der Waals surface area contributed by atoms with Crippen LogP contribution >= 0.6 is 0 Å². The first kappa shape index (κ1) is 34.6. The van der Waals surface area contributed by atoms with Gasteiger partial charge in [-0.2, -0.15) is 0 Å². The number of amides is 3. The fourth-order valence-corrected chi connectivity index (χ4v) is 10.9. The highest BCUT2D eigenvalue weighted by atomic mass is 28.4. The van der Waals surface area contributed by atoms with E-state index in [0.717, 1.165) is 11.1 Å². The van der Waals surface area contributed by atoms with Gasteiger partial charge in [0.05, 0.1) is 38.0 Å². The maximum atomic E-state index is 15.0. The van der Waals surface area contributed by atoms with E-state index in [2.05, 4.69) is 5.32 Å². The molecule has 11 heteroatoms. The lowest BCUT2D eigenvalue weighted by Crippen LogP contribution is -2.48. The summed E-state index contributed by atoms with van der Waals surface area (Å²) in [6, 6.07) is 29.0. The third kappa shape index (κ3) is 6.03. The summed E-state index contributed by atoms with van der Waals surface area (Å²) in [6.07, 6.45) is -0.300. The molecule has 4 aromatic rings. The van der Waals surface area contributed by atoms with E-state index in [0.29, 0.717) is 46.9 Å². The third-order valence-electron chi connectivity index (χ3n) is 10.8. The van der Waals surface area contributed by atoms with Gasteiger partial charge < -0.3 is 29.6 Å². The number of ether oxygens (including phenoxy) is 2. The second kappa shape index (κ2) is 13.4. The molecule has 0 radical (unpaired) electrons. The third-order valence-corrected chi connectivity index (χ3v) is 13.3. The Hall–Kier alpha value is -4.81.